The summed E-state index contributed by atoms with van der Waals surface area (Å²) in [5.74, 6) is -0.0522. The van der Waals surface area contributed by atoms with Gasteiger partial charge in [0, 0.05) is 18.2 Å². The summed E-state index contributed by atoms with van der Waals surface area (Å²) in [6, 6.07) is 0. The lowest BCUT2D eigenvalue weighted by molar-refractivity contribution is -0.108. The maximum atomic E-state index is 13.4. The van der Waals surface area contributed by atoms with Crippen LogP contribution in [0, 0.1) is 0 Å². The molecule has 3 unspecified atom stereocenters. The van der Waals surface area contributed by atoms with Crippen LogP contribution in [0.1, 0.15) is 13.3 Å². The summed E-state index contributed by atoms with van der Waals surface area (Å²) in [5, 5.41) is 11.2. The van der Waals surface area contributed by atoms with Gasteiger partial charge in [-0.25, -0.2) is 9.38 Å². The van der Waals surface area contributed by atoms with Gasteiger partial charge in [-0.15, -0.1) is 0 Å². The summed E-state index contributed by atoms with van der Waals surface area (Å²) in [6.07, 6.45) is -0.460. The molecular weight excluding hydrogens is 229 g/mol. The zero-order valence-corrected chi connectivity index (χ0v) is 9.47. The highest BCUT2D eigenvalue weighted by atomic mass is 19.1. The quantitative estimate of drug-likeness (QED) is 0.343. The second-order valence-electron chi connectivity index (χ2n) is 3.72. The number of alkyl halides is 1. The van der Waals surface area contributed by atoms with Crippen molar-refractivity contribution in [1.82, 2.24) is 5.32 Å². The van der Waals surface area contributed by atoms with Crippen molar-refractivity contribution in [2.24, 2.45) is 10.7 Å². The van der Waals surface area contributed by atoms with Crippen molar-refractivity contribution in [2.45, 2.75) is 31.8 Å². The molecule has 0 aliphatic carbocycles. The Labute approximate surface area is 98.3 Å². The average Bonchev–Trinajstić information content (AvgIpc) is 2.58. The van der Waals surface area contributed by atoms with Crippen molar-refractivity contribution in [3.63, 3.8) is 0 Å². The van der Waals surface area contributed by atoms with E-state index in [0.717, 1.165) is 0 Å². The molecule has 0 bridgehead atoms. The lowest BCUT2D eigenvalue weighted by Gasteiger charge is -2.10. The van der Waals surface area contributed by atoms with Crippen LogP contribution < -0.4 is 11.1 Å². The van der Waals surface area contributed by atoms with E-state index >= 15 is 0 Å². The van der Waals surface area contributed by atoms with Crippen LogP contribution in [-0.2, 0) is 9.53 Å². The highest BCUT2D eigenvalue weighted by Crippen LogP contribution is 2.23. The fourth-order valence-electron chi connectivity index (χ4n) is 1.48. The van der Waals surface area contributed by atoms with Crippen molar-refractivity contribution in [1.29, 1.82) is 0 Å². The van der Waals surface area contributed by atoms with Gasteiger partial charge in [0.2, 0.25) is 6.41 Å². The Balaban J connectivity index is 2.73. The monoisotopic (exact) mass is 245 g/mol. The minimum absolute atomic E-state index is 0.0522. The molecule has 0 saturated carbocycles. The standard InChI is InChI=1S/C10H16FN3O3/c1-6-2-8(11)10(17-6)14-9(12)7(4-15)3-13-5-16/h3,5-6,8,10,15H,2,4H2,1H3,(H2,12,14)(H,13,16)/b7-3-. The zero-order chi connectivity index (χ0) is 12.8. The molecule has 96 valence electrons. The number of aliphatic imine (C=N–C) groups is 1. The Bertz CT molecular complexity index is 333. The first kappa shape index (κ1) is 13.6. The molecule has 1 saturated heterocycles. The smallest absolute Gasteiger partial charge is 0.211 e. The number of nitrogens with one attached hydrogen (secondary N) is 1. The fourth-order valence-corrected chi connectivity index (χ4v) is 1.48. The van der Waals surface area contributed by atoms with Gasteiger partial charge in [-0.3, -0.25) is 4.79 Å². The first-order valence-corrected chi connectivity index (χ1v) is 5.21. The van der Waals surface area contributed by atoms with Crippen molar-refractivity contribution in [3.05, 3.63) is 11.8 Å². The van der Waals surface area contributed by atoms with E-state index in [1.807, 2.05) is 0 Å². The minimum atomic E-state index is -1.21. The maximum absolute atomic E-state index is 13.4. The van der Waals surface area contributed by atoms with E-state index in [-0.39, 0.29) is 23.9 Å². The second-order valence-corrected chi connectivity index (χ2v) is 3.72. The van der Waals surface area contributed by atoms with Gasteiger partial charge < -0.3 is 20.9 Å². The molecule has 0 aromatic carbocycles. The molecule has 1 aliphatic heterocycles. The number of carbonyl (C=O) groups is 1. The van der Waals surface area contributed by atoms with Gasteiger partial charge in [0.25, 0.3) is 0 Å². The number of rotatable bonds is 5. The molecule has 1 aliphatic rings. The van der Waals surface area contributed by atoms with Gasteiger partial charge in [0.1, 0.15) is 12.0 Å². The lowest BCUT2D eigenvalue weighted by Crippen LogP contribution is -2.25. The SMILES string of the molecule is CC1CC(F)C(N=C(N)/C(=C\NC=O)CO)O1. The van der Waals surface area contributed by atoms with E-state index in [4.69, 9.17) is 15.6 Å². The summed E-state index contributed by atoms with van der Waals surface area (Å²) < 4.78 is 18.6. The molecule has 1 rings (SSSR count). The van der Waals surface area contributed by atoms with Crippen LogP contribution in [0.25, 0.3) is 0 Å². The van der Waals surface area contributed by atoms with Gasteiger partial charge in [-0.2, -0.15) is 0 Å². The first-order chi connectivity index (χ1) is 8.08. The third-order valence-corrected chi connectivity index (χ3v) is 2.33. The van der Waals surface area contributed by atoms with Crippen LogP contribution in [0.3, 0.4) is 0 Å². The topological polar surface area (TPSA) is 96.9 Å². The minimum Gasteiger partial charge on any atom is -0.391 e. The molecule has 0 aromatic heterocycles. The fraction of sp³-hybridized carbons (Fsp3) is 0.600. The van der Waals surface area contributed by atoms with E-state index in [1.165, 1.54) is 6.20 Å². The molecule has 17 heavy (non-hydrogen) atoms. The number of nitrogens with two attached hydrogens (primary N) is 1. The number of amides is 1. The molecular formula is C10H16FN3O3. The summed E-state index contributed by atoms with van der Waals surface area (Å²) in [5.41, 5.74) is 5.78. The average molecular weight is 245 g/mol. The summed E-state index contributed by atoms with van der Waals surface area (Å²) >= 11 is 0. The highest BCUT2D eigenvalue weighted by Gasteiger charge is 2.32. The molecule has 0 spiro atoms. The number of aliphatic hydroxyl groups excluding tert-OH is 1. The third kappa shape index (κ3) is 3.79. The molecule has 7 heteroatoms. The molecule has 3 atom stereocenters. The number of aliphatic hydroxyl groups is 1. The number of nitrogens with zero attached hydrogens (tertiary/aromatic N) is 1. The molecule has 1 amide bonds. The van der Waals surface area contributed by atoms with E-state index < -0.39 is 19.0 Å². The predicted molar refractivity (Wildman–Crippen MR) is 59.8 cm³/mol. The summed E-state index contributed by atoms with van der Waals surface area (Å²) in [6.45, 7) is 1.34. The molecule has 4 N–H and O–H groups in total. The number of halogens is 1. The van der Waals surface area contributed by atoms with Crippen LogP contribution in [-0.4, -0.2) is 42.5 Å². The number of amidine groups is 1. The zero-order valence-electron chi connectivity index (χ0n) is 9.47. The van der Waals surface area contributed by atoms with E-state index in [0.29, 0.717) is 6.41 Å². The van der Waals surface area contributed by atoms with Gasteiger partial charge in [0.15, 0.2) is 6.23 Å². The Morgan fingerprint density at radius 1 is 1.76 bits per heavy atom. The van der Waals surface area contributed by atoms with E-state index in [9.17, 15) is 9.18 Å². The van der Waals surface area contributed by atoms with Crippen molar-refractivity contribution in [3.8, 4) is 0 Å². The Kier molecular flexibility index (Phi) is 5.05. The predicted octanol–water partition coefficient (Wildman–Crippen LogP) is -0.561. The van der Waals surface area contributed by atoms with Crippen LogP contribution in [0.15, 0.2) is 16.8 Å². The number of hydrogen-bond acceptors (Lipinski definition) is 4. The summed E-state index contributed by atoms with van der Waals surface area (Å²) in [4.78, 5) is 13.9. The lowest BCUT2D eigenvalue weighted by atomic mass is 10.2. The van der Waals surface area contributed by atoms with Crippen molar-refractivity contribution >= 4 is 12.2 Å². The third-order valence-electron chi connectivity index (χ3n) is 2.33. The Morgan fingerprint density at radius 2 is 2.47 bits per heavy atom. The molecule has 1 fully saturated rings. The molecule has 0 aromatic rings. The molecule has 0 radical (unpaired) electrons. The van der Waals surface area contributed by atoms with Crippen LogP contribution >= 0.6 is 0 Å². The number of carbonyl (C=O) groups excluding carboxylic acids is 1. The van der Waals surface area contributed by atoms with Gasteiger partial charge >= 0.3 is 0 Å². The second kappa shape index (κ2) is 6.31. The van der Waals surface area contributed by atoms with E-state index in [2.05, 4.69) is 10.3 Å². The normalized spacial score (nSPS) is 30.4. The van der Waals surface area contributed by atoms with Crippen molar-refractivity contribution < 1.29 is 19.0 Å². The number of ether oxygens (including phenoxy) is 1. The van der Waals surface area contributed by atoms with Crippen LogP contribution in [0.5, 0.6) is 0 Å². The molecule has 6 nitrogen and oxygen atoms in total. The van der Waals surface area contributed by atoms with Crippen molar-refractivity contribution in [2.75, 3.05) is 6.61 Å². The number of hydrogen-bond donors (Lipinski definition) is 3. The largest absolute Gasteiger partial charge is 0.391 e. The van der Waals surface area contributed by atoms with E-state index in [1.54, 1.807) is 6.92 Å². The van der Waals surface area contributed by atoms with Gasteiger partial charge in [-0.1, -0.05) is 0 Å². The first-order valence-electron chi connectivity index (χ1n) is 5.21. The van der Waals surface area contributed by atoms with Gasteiger partial charge in [-0.05, 0) is 6.92 Å². The summed E-state index contributed by atoms with van der Waals surface area (Å²) in [7, 11) is 0. The molecule has 1 heterocycles. The Morgan fingerprint density at radius 3 is 2.94 bits per heavy atom. The highest BCUT2D eigenvalue weighted by molar-refractivity contribution is 5.97. The van der Waals surface area contributed by atoms with Crippen LogP contribution in [0.4, 0.5) is 4.39 Å². The van der Waals surface area contributed by atoms with Crippen LogP contribution in [0.2, 0.25) is 0 Å². The Hall–Kier alpha value is -1.47. The maximum Gasteiger partial charge on any atom is 0.211 e. The van der Waals surface area contributed by atoms with Gasteiger partial charge in [0.05, 0.1) is 12.7 Å².